The second kappa shape index (κ2) is 7.85. The van der Waals surface area contributed by atoms with E-state index in [1.807, 2.05) is 38.1 Å². The molecule has 2 N–H and O–H groups in total. The molecule has 1 atom stereocenters. The van der Waals surface area contributed by atoms with Crippen molar-refractivity contribution in [1.29, 1.82) is 0 Å². The van der Waals surface area contributed by atoms with Crippen molar-refractivity contribution >= 4 is 11.9 Å². The molecule has 0 aliphatic carbocycles. The molecule has 0 radical (unpaired) electrons. The largest absolute Gasteiger partial charge is 0.497 e. The normalized spacial score (nSPS) is 17.5. The van der Waals surface area contributed by atoms with E-state index in [2.05, 4.69) is 10.6 Å². The van der Waals surface area contributed by atoms with Gasteiger partial charge in [-0.3, -0.25) is 4.79 Å². The van der Waals surface area contributed by atoms with E-state index in [9.17, 15) is 9.59 Å². The third-order valence-corrected chi connectivity index (χ3v) is 3.98. The van der Waals surface area contributed by atoms with Crippen molar-refractivity contribution in [2.45, 2.75) is 38.8 Å². The lowest BCUT2D eigenvalue weighted by Crippen LogP contribution is -2.44. The number of ether oxygens (including phenoxy) is 1. The van der Waals surface area contributed by atoms with Crippen LogP contribution in [0, 0.1) is 0 Å². The Morgan fingerprint density at radius 3 is 2.61 bits per heavy atom. The fourth-order valence-corrected chi connectivity index (χ4v) is 2.68. The van der Waals surface area contributed by atoms with E-state index in [-0.39, 0.29) is 24.0 Å². The summed E-state index contributed by atoms with van der Waals surface area (Å²) in [4.78, 5) is 25.5. The van der Waals surface area contributed by atoms with E-state index >= 15 is 0 Å². The average molecular weight is 319 g/mol. The lowest BCUT2D eigenvalue weighted by molar-refractivity contribution is -0.129. The van der Waals surface area contributed by atoms with E-state index in [0.717, 1.165) is 17.7 Å². The fourth-order valence-electron chi connectivity index (χ4n) is 2.68. The van der Waals surface area contributed by atoms with Gasteiger partial charge in [0.25, 0.3) is 0 Å². The van der Waals surface area contributed by atoms with Gasteiger partial charge in [-0.25, -0.2) is 4.79 Å². The highest BCUT2D eigenvalue weighted by atomic mass is 16.5. The number of amides is 3. The summed E-state index contributed by atoms with van der Waals surface area (Å²) in [7, 11) is 1.63. The van der Waals surface area contributed by atoms with Crippen LogP contribution in [0.1, 0.15) is 25.8 Å². The Balaban J connectivity index is 1.70. The standard InChI is InChI=1S/C17H25N3O3/c1-12(2)20-11-14(10-16(20)21)19-17(22)18-9-8-13-4-6-15(23-3)7-5-13/h4-7,12,14H,8-11H2,1-3H3,(H2,18,19,22). The maximum absolute atomic E-state index is 11.9. The number of nitrogens with one attached hydrogen (secondary N) is 2. The Bertz CT molecular complexity index is 543. The lowest BCUT2D eigenvalue weighted by Gasteiger charge is -2.21. The Morgan fingerprint density at radius 1 is 1.35 bits per heavy atom. The molecule has 1 heterocycles. The molecule has 1 saturated heterocycles. The fraction of sp³-hybridized carbons (Fsp3) is 0.529. The minimum atomic E-state index is -0.220. The van der Waals surface area contributed by atoms with Crippen LogP contribution in [0.15, 0.2) is 24.3 Å². The molecule has 1 aromatic carbocycles. The number of hydrogen-bond acceptors (Lipinski definition) is 3. The molecule has 0 aromatic heterocycles. The predicted octanol–water partition coefficient (Wildman–Crippen LogP) is 1.55. The zero-order valence-corrected chi connectivity index (χ0v) is 14.0. The highest BCUT2D eigenvalue weighted by Crippen LogP contribution is 2.14. The van der Waals surface area contributed by atoms with Crippen molar-refractivity contribution in [3.8, 4) is 5.75 Å². The second-order valence-corrected chi connectivity index (χ2v) is 6.04. The van der Waals surface area contributed by atoms with E-state index < -0.39 is 0 Å². The molecule has 0 saturated carbocycles. The summed E-state index contributed by atoms with van der Waals surface area (Å²) in [5, 5.41) is 5.70. The molecule has 0 bridgehead atoms. The molecule has 1 aromatic rings. The smallest absolute Gasteiger partial charge is 0.315 e. The van der Waals surface area contributed by atoms with Gasteiger partial charge in [-0.2, -0.15) is 0 Å². The number of urea groups is 1. The first-order valence-electron chi connectivity index (χ1n) is 7.96. The van der Waals surface area contributed by atoms with Crippen molar-refractivity contribution in [2.24, 2.45) is 0 Å². The Labute approximate surface area is 137 Å². The summed E-state index contributed by atoms with van der Waals surface area (Å²) in [6.07, 6.45) is 1.13. The van der Waals surface area contributed by atoms with Crippen LogP contribution in [-0.2, 0) is 11.2 Å². The predicted molar refractivity (Wildman–Crippen MR) is 88.5 cm³/mol. The van der Waals surface area contributed by atoms with Gasteiger partial charge in [0.05, 0.1) is 13.2 Å². The Morgan fingerprint density at radius 2 is 2.04 bits per heavy atom. The van der Waals surface area contributed by atoms with Crippen molar-refractivity contribution in [3.63, 3.8) is 0 Å². The minimum Gasteiger partial charge on any atom is -0.497 e. The first-order chi connectivity index (χ1) is 11.0. The molecule has 2 rings (SSSR count). The van der Waals surface area contributed by atoms with E-state index in [0.29, 0.717) is 19.5 Å². The monoisotopic (exact) mass is 319 g/mol. The van der Waals surface area contributed by atoms with Gasteiger partial charge in [0, 0.05) is 25.6 Å². The van der Waals surface area contributed by atoms with Crippen LogP contribution in [0.4, 0.5) is 4.79 Å². The second-order valence-electron chi connectivity index (χ2n) is 6.04. The SMILES string of the molecule is COc1ccc(CCNC(=O)NC2CC(=O)N(C(C)C)C2)cc1. The Kier molecular flexibility index (Phi) is 5.84. The van der Waals surface area contributed by atoms with Gasteiger partial charge >= 0.3 is 6.03 Å². The molecule has 1 aliphatic heterocycles. The quantitative estimate of drug-likeness (QED) is 0.836. The summed E-state index contributed by atoms with van der Waals surface area (Å²) >= 11 is 0. The van der Waals surface area contributed by atoms with Gasteiger partial charge in [-0.05, 0) is 38.0 Å². The van der Waals surface area contributed by atoms with Crippen LogP contribution in [0.3, 0.4) is 0 Å². The van der Waals surface area contributed by atoms with Crippen LogP contribution in [-0.4, -0.2) is 49.1 Å². The summed E-state index contributed by atoms with van der Waals surface area (Å²) in [5.74, 6) is 0.920. The summed E-state index contributed by atoms with van der Waals surface area (Å²) in [6.45, 7) is 5.10. The van der Waals surface area contributed by atoms with Gasteiger partial charge < -0.3 is 20.3 Å². The highest BCUT2D eigenvalue weighted by Gasteiger charge is 2.31. The molecule has 6 heteroatoms. The average Bonchev–Trinajstić information content (AvgIpc) is 2.88. The molecule has 0 spiro atoms. The summed E-state index contributed by atoms with van der Waals surface area (Å²) in [6, 6.07) is 7.61. The topological polar surface area (TPSA) is 70.7 Å². The first-order valence-corrected chi connectivity index (χ1v) is 7.96. The first kappa shape index (κ1) is 17.1. The Hall–Kier alpha value is -2.24. The van der Waals surface area contributed by atoms with Crippen LogP contribution in [0.25, 0.3) is 0 Å². The molecular formula is C17H25N3O3. The van der Waals surface area contributed by atoms with E-state index in [4.69, 9.17) is 4.74 Å². The zero-order valence-electron chi connectivity index (χ0n) is 14.0. The van der Waals surface area contributed by atoms with Crippen molar-refractivity contribution in [1.82, 2.24) is 15.5 Å². The van der Waals surface area contributed by atoms with Gasteiger partial charge in [0.15, 0.2) is 0 Å². The minimum absolute atomic E-state index is 0.100. The number of benzene rings is 1. The molecule has 6 nitrogen and oxygen atoms in total. The highest BCUT2D eigenvalue weighted by molar-refractivity contribution is 5.81. The van der Waals surface area contributed by atoms with Gasteiger partial charge in [0.2, 0.25) is 5.91 Å². The number of likely N-dealkylation sites (tertiary alicyclic amines) is 1. The molecule has 1 fully saturated rings. The number of carbonyl (C=O) groups is 2. The van der Waals surface area contributed by atoms with Gasteiger partial charge in [-0.15, -0.1) is 0 Å². The van der Waals surface area contributed by atoms with E-state index in [1.165, 1.54) is 0 Å². The maximum Gasteiger partial charge on any atom is 0.315 e. The molecule has 3 amide bonds. The van der Waals surface area contributed by atoms with Crippen molar-refractivity contribution in [3.05, 3.63) is 29.8 Å². The van der Waals surface area contributed by atoms with Gasteiger partial charge in [0.1, 0.15) is 5.75 Å². The number of rotatable bonds is 6. The third-order valence-electron chi connectivity index (χ3n) is 3.98. The number of methoxy groups -OCH3 is 1. The zero-order chi connectivity index (χ0) is 16.8. The number of hydrogen-bond donors (Lipinski definition) is 2. The van der Waals surface area contributed by atoms with E-state index in [1.54, 1.807) is 12.0 Å². The molecule has 1 unspecified atom stereocenters. The van der Waals surface area contributed by atoms with Gasteiger partial charge in [-0.1, -0.05) is 12.1 Å². The summed E-state index contributed by atoms with van der Waals surface area (Å²) in [5.41, 5.74) is 1.13. The lowest BCUT2D eigenvalue weighted by atomic mass is 10.1. The maximum atomic E-state index is 11.9. The van der Waals surface area contributed by atoms with Crippen LogP contribution in [0.2, 0.25) is 0 Å². The van der Waals surface area contributed by atoms with Crippen molar-refractivity contribution in [2.75, 3.05) is 20.2 Å². The molecule has 126 valence electrons. The van der Waals surface area contributed by atoms with Crippen LogP contribution < -0.4 is 15.4 Å². The van der Waals surface area contributed by atoms with Crippen LogP contribution >= 0.6 is 0 Å². The van der Waals surface area contributed by atoms with Crippen molar-refractivity contribution < 1.29 is 14.3 Å². The number of carbonyl (C=O) groups excluding carboxylic acids is 2. The summed E-state index contributed by atoms with van der Waals surface area (Å²) < 4.78 is 5.11. The molecule has 23 heavy (non-hydrogen) atoms. The molecular weight excluding hydrogens is 294 g/mol. The molecule has 1 aliphatic rings. The van der Waals surface area contributed by atoms with Crippen LogP contribution in [0.5, 0.6) is 5.75 Å². The number of nitrogens with zero attached hydrogens (tertiary/aromatic N) is 1. The third kappa shape index (κ3) is 4.87.